The van der Waals surface area contributed by atoms with E-state index < -0.39 is 0 Å². The van der Waals surface area contributed by atoms with Gasteiger partial charge in [-0.3, -0.25) is 4.79 Å². The molecule has 4 heteroatoms. The van der Waals surface area contributed by atoms with Crippen molar-refractivity contribution in [3.63, 3.8) is 0 Å². The minimum atomic E-state index is -0.282. The first-order chi connectivity index (χ1) is 10.6. The smallest absolute Gasteiger partial charge is 0.224 e. The molecule has 0 radical (unpaired) electrons. The second-order valence-corrected chi connectivity index (χ2v) is 5.14. The fraction of sp³-hybridized carbons (Fsp3) is 0.222. The van der Waals surface area contributed by atoms with Crippen LogP contribution in [0.15, 0.2) is 54.6 Å². The van der Waals surface area contributed by atoms with Crippen LogP contribution in [0, 0.1) is 11.3 Å². The van der Waals surface area contributed by atoms with E-state index in [0.717, 1.165) is 16.9 Å². The second-order valence-electron chi connectivity index (χ2n) is 5.14. The predicted molar refractivity (Wildman–Crippen MR) is 88.4 cm³/mol. The molecule has 0 bridgehead atoms. The summed E-state index contributed by atoms with van der Waals surface area (Å²) in [5.41, 5.74) is 2.71. The van der Waals surface area contributed by atoms with Crippen molar-refractivity contribution >= 4 is 17.3 Å². The zero-order chi connectivity index (χ0) is 15.9. The molecule has 0 aliphatic carbocycles. The van der Waals surface area contributed by atoms with Crippen LogP contribution in [0.25, 0.3) is 0 Å². The molecule has 0 spiro atoms. The van der Waals surface area contributed by atoms with Crippen LogP contribution in [0.2, 0.25) is 0 Å². The lowest BCUT2D eigenvalue weighted by atomic mass is 10.2. The Balaban J connectivity index is 2.24. The normalized spacial score (nSPS) is 11.3. The molecular formula is C18H19N3O. The summed E-state index contributed by atoms with van der Waals surface area (Å²) in [4.78, 5) is 13.7. The molecule has 0 heterocycles. The third-order valence-corrected chi connectivity index (χ3v) is 3.30. The van der Waals surface area contributed by atoms with Crippen LogP contribution < -0.4 is 10.2 Å². The summed E-state index contributed by atoms with van der Waals surface area (Å²) in [6.07, 6.45) is 0. The lowest BCUT2D eigenvalue weighted by molar-refractivity contribution is -0.116. The molecule has 0 aromatic heterocycles. The van der Waals surface area contributed by atoms with Crippen molar-refractivity contribution < 1.29 is 4.79 Å². The van der Waals surface area contributed by atoms with Crippen LogP contribution >= 0.6 is 0 Å². The second kappa shape index (κ2) is 7.28. The molecule has 2 aromatic carbocycles. The number of nitrogens with one attached hydrogen (secondary N) is 1. The topological polar surface area (TPSA) is 56.1 Å². The lowest BCUT2D eigenvalue weighted by Crippen LogP contribution is -2.27. The van der Waals surface area contributed by atoms with Gasteiger partial charge in [0.2, 0.25) is 5.91 Å². The molecule has 112 valence electrons. The summed E-state index contributed by atoms with van der Waals surface area (Å²) in [5, 5.41) is 12.0. The quantitative estimate of drug-likeness (QED) is 0.917. The fourth-order valence-electron chi connectivity index (χ4n) is 2.20. The van der Waals surface area contributed by atoms with Crippen molar-refractivity contribution in [3.05, 3.63) is 60.2 Å². The monoisotopic (exact) mass is 293 g/mol. The molecule has 0 saturated carbocycles. The summed E-state index contributed by atoms with van der Waals surface area (Å²) >= 11 is 0. The molecule has 1 atom stereocenters. The van der Waals surface area contributed by atoms with Crippen LogP contribution in [0.5, 0.6) is 0 Å². The van der Waals surface area contributed by atoms with E-state index in [0.29, 0.717) is 6.54 Å². The van der Waals surface area contributed by atoms with Gasteiger partial charge in [-0.25, -0.2) is 0 Å². The Kier molecular flexibility index (Phi) is 5.16. The average Bonchev–Trinajstić information content (AvgIpc) is 2.53. The molecule has 2 rings (SSSR count). The number of amides is 1. The Morgan fingerprint density at radius 1 is 1.23 bits per heavy atom. The molecule has 22 heavy (non-hydrogen) atoms. The highest BCUT2D eigenvalue weighted by Gasteiger charge is 2.13. The molecular weight excluding hydrogens is 274 g/mol. The average molecular weight is 293 g/mol. The van der Waals surface area contributed by atoms with Gasteiger partial charge in [-0.1, -0.05) is 36.4 Å². The summed E-state index contributed by atoms with van der Waals surface area (Å²) < 4.78 is 0. The van der Waals surface area contributed by atoms with Crippen LogP contribution in [0.3, 0.4) is 0 Å². The van der Waals surface area contributed by atoms with E-state index in [-0.39, 0.29) is 11.9 Å². The van der Waals surface area contributed by atoms with E-state index in [2.05, 4.69) is 11.4 Å². The molecule has 0 saturated heterocycles. The van der Waals surface area contributed by atoms with Crippen LogP contribution in [0.1, 0.15) is 19.4 Å². The summed E-state index contributed by atoms with van der Waals surface area (Å²) in [7, 11) is 0. The Labute approximate surface area is 131 Å². The number of nitriles is 1. The highest BCUT2D eigenvalue weighted by Crippen LogP contribution is 2.22. The van der Waals surface area contributed by atoms with Crippen LogP contribution in [-0.2, 0) is 11.3 Å². The van der Waals surface area contributed by atoms with Gasteiger partial charge in [0.25, 0.3) is 0 Å². The molecule has 0 aliphatic rings. The van der Waals surface area contributed by atoms with Gasteiger partial charge in [-0.2, -0.15) is 5.26 Å². The third kappa shape index (κ3) is 4.10. The van der Waals surface area contributed by atoms with E-state index in [9.17, 15) is 4.79 Å². The third-order valence-electron chi connectivity index (χ3n) is 3.30. The first-order valence-corrected chi connectivity index (χ1v) is 7.18. The Morgan fingerprint density at radius 3 is 2.59 bits per heavy atom. The first kappa shape index (κ1) is 15.6. The number of rotatable bonds is 5. The predicted octanol–water partition coefficient (Wildman–Crippen LogP) is 3.56. The van der Waals surface area contributed by atoms with Crippen LogP contribution in [-0.4, -0.2) is 11.9 Å². The largest absolute Gasteiger partial charge is 0.370 e. The van der Waals surface area contributed by atoms with E-state index in [4.69, 9.17) is 5.26 Å². The van der Waals surface area contributed by atoms with Gasteiger partial charge in [-0.05, 0) is 30.7 Å². The number of anilines is 2. The van der Waals surface area contributed by atoms with Crippen molar-refractivity contribution in [3.8, 4) is 6.07 Å². The van der Waals surface area contributed by atoms with Gasteiger partial charge in [0, 0.05) is 18.3 Å². The fourth-order valence-corrected chi connectivity index (χ4v) is 2.20. The zero-order valence-corrected chi connectivity index (χ0v) is 12.8. The van der Waals surface area contributed by atoms with Crippen molar-refractivity contribution in [1.29, 1.82) is 5.26 Å². The standard InChI is InChI=1S/C18H19N3O/c1-14(12-19)20-17-9-6-10-18(11-17)21(15(2)22)13-16-7-4-3-5-8-16/h3-11,14,20H,13H2,1-2H3. The summed E-state index contributed by atoms with van der Waals surface area (Å²) in [6, 6.07) is 19.3. The van der Waals surface area contributed by atoms with Gasteiger partial charge >= 0.3 is 0 Å². The Bertz CT molecular complexity index is 676. The van der Waals surface area contributed by atoms with Crippen molar-refractivity contribution in [1.82, 2.24) is 0 Å². The minimum Gasteiger partial charge on any atom is -0.370 e. The van der Waals surface area contributed by atoms with E-state index in [1.165, 1.54) is 0 Å². The van der Waals surface area contributed by atoms with Crippen molar-refractivity contribution in [2.24, 2.45) is 0 Å². The maximum Gasteiger partial charge on any atom is 0.224 e. The van der Waals surface area contributed by atoms with Crippen LogP contribution in [0.4, 0.5) is 11.4 Å². The van der Waals surface area contributed by atoms with E-state index in [1.54, 1.807) is 18.7 Å². The lowest BCUT2D eigenvalue weighted by Gasteiger charge is -2.22. The van der Waals surface area contributed by atoms with Gasteiger partial charge in [0.05, 0.1) is 12.6 Å². The molecule has 4 nitrogen and oxygen atoms in total. The number of carbonyl (C=O) groups excluding carboxylic acids is 1. The van der Waals surface area contributed by atoms with Gasteiger partial charge < -0.3 is 10.2 Å². The molecule has 1 amide bonds. The van der Waals surface area contributed by atoms with Crippen molar-refractivity contribution in [2.75, 3.05) is 10.2 Å². The minimum absolute atomic E-state index is 0.0191. The Morgan fingerprint density at radius 2 is 1.95 bits per heavy atom. The highest BCUT2D eigenvalue weighted by molar-refractivity contribution is 5.91. The van der Waals surface area contributed by atoms with Gasteiger partial charge in [-0.15, -0.1) is 0 Å². The van der Waals surface area contributed by atoms with Crippen molar-refractivity contribution in [2.45, 2.75) is 26.4 Å². The maximum atomic E-state index is 12.0. The summed E-state index contributed by atoms with van der Waals surface area (Å²) in [6.45, 7) is 3.87. The van der Waals surface area contributed by atoms with Gasteiger partial charge in [0.1, 0.15) is 6.04 Å². The SMILES string of the molecule is CC(=O)N(Cc1ccccc1)c1cccc(NC(C)C#N)c1. The molecule has 1 N–H and O–H groups in total. The molecule has 0 aliphatic heterocycles. The first-order valence-electron chi connectivity index (χ1n) is 7.18. The zero-order valence-electron chi connectivity index (χ0n) is 12.8. The number of hydrogen-bond donors (Lipinski definition) is 1. The number of hydrogen-bond acceptors (Lipinski definition) is 3. The number of nitrogens with zero attached hydrogens (tertiary/aromatic N) is 2. The molecule has 1 unspecified atom stereocenters. The Hall–Kier alpha value is -2.80. The number of carbonyl (C=O) groups is 1. The van der Waals surface area contributed by atoms with Gasteiger partial charge in [0.15, 0.2) is 0 Å². The molecule has 2 aromatic rings. The highest BCUT2D eigenvalue weighted by atomic mass is 16.2. The van der Waals surface area contributed by atoms with E-state index in [1.807, 2.05) is 54.6 Å². The number of benzene rings is 2. The van der Waals surface area contributed by atoms with E-state index >= 15 is 0 Å². The molecule has 0 fully saturated rings. The maximum absolute atomic E-state index is 12.0. The summed E-state index contributed by atoms with van der Waals surface area (Å²) in [5.74, 6) is -0.0191.